The maximum Gasteiger partial charge on any atom is 0.0991 e. The standard InChI is InChI=1S/C39H19N5S/c40-20-23-5-10-35-29(15-23)28-3-1-2-4-34(28)43(35)26-8-13-38-32(18-26)33-19-27(9-14-39(33)45-38)44-36-11-6-24(21-41)16-30(36)31-17-25(22-42)7-12-37(31)44/h1-19H. The van der Waals surface area contributed by atoms with E-state index in [4.69, 9.17) is 0 Å². The van der Waals surface area contributed by atoms with Crippen molar-refractivity contribution >= 4 is 75.1 Å². The lowest BCUT2D eigenvalue weighted by molar-refractivity contribution is 1.18. The number of hydrogen-bond donors (Lipinski definition) is 0. The first-order valence-corrected chi connectivity index (χ1v) is 15.3. The van der Waals surface area contributed by atoms with Gasteiger partial charge in [-0.3, -0.25) is 0 Å². The Morgan fingerprint density at radius 1 is 0.400 bits per heavy atom. The van der Waals surface area contributed by atoms with Gasteiger partial charge in [-0.2, -0.15) is 15.8 Å². The van der Waals surface area contributed by atoms with Gasteiger partial charge < -0.3 is 9.13 Å². The topological polar surface area (TPSA) is 81.2 Å². The van der Waals surface area contributed by atoms with Gasteiger partial charge in [0.05, 0.1) is 57.0 Å². The summed E-state index contributed by atoms with van der Waals surface area (Å²) in [5.74, 6) is 0. The summed E-state index contributed by atoms with van der Waals surface area (Å²) < 4.78 is 6.91. The quantitative estimate of drug-likeness (QED) is 0.201. The van der Waals surface area contributed by atoms with Gasteiger partial charge >= 0.3 is 0 Å². The van der Waals surface area contributed by atoms with E-state index in [-0.39, 0.29) is 0 Å². The second kappa shape index (κ2) is 9.30. The molecule has 45 heavy (non-hydrogen) atoms. The van der Waals surface area contributed by atoms with Gasteiger partial charge in [0.25, 0.3) is 0 Å². The summed E-state index contributed by atoms with van der Waals surface area (Å²) in [6.07, 6.45) is 0. The van der Waals surface area contributed by atoms with Crippen LogP contribution in [0.2, 0.25) is 0 Å². The lowest BCUT2D eigenvalue weighted by atomic mass is 10.1. The SMILES string of the molecule is N#Cc1ccc2c(c1)c1ccccc1n2-c1ccc2sc3ccc(-n4c5ccc(C#N)cc5c5cc(C#N)ccc54)cc3c2c1. The molecule has 0 aliphatic heterocycles. The molecule has 6 aromatic carbocycles. The van der Waals surface area contributed by atoms with Gasteiger partial charge in [0.15, 0.2) is 0 Å². The van der Waals surface area contributed by atoms with Gasteiger partial charge in [0, 0.05) is 53.1 Å². The summed E-state index contributed by atoms with van der Waals surface area (Å²) in [7, 11) is 0. The van der Waals surface area contributed by atoms with Crippen molar-refractivity contribution in [2.75, 3.05) is 0 Å². The van der Waals surface area contributed by atoms with Crippen LogP contribution < -0.4 is 0 Å². The minimum atomic E-state index is 0.588. The van der Waals surface area contributed by atoms with Crippen LogP contribution in [-0.4, -0.2) is 9.13 Å². The Morgan fingerprint density at radius 3 is 1.29 bits per heavy atom. The molecule has 3 heterocycles. The van der Waals surface area contributed by atoms with E-state index >= 15 is 0 Å². The van der Waals surface area contributed by atoms with Crippen molar-refractivity contribution in [2.45, 2.75) is 0 Å². The van der Waals surface area contributed by atoms with Crippen molar-refractivity contribution in [3.8, 4) is 29.6 Å². The second-order valence-electron chi connectivity index (χ2n) is 11.2. The third-order valence-corrected chi connectivity index (χ3v) is 9.93. The molecule has 0 aliphatic carbocycles. The normalized spacial score (nSPS) is 11.5. The predicted molar refractivity (Wildman–Crippen MR) is 182 cm³/mol. The summed E-state index contributed by atoms with van der Waals surface area (Å²) >= 11 is 1.78. The van der Waals surface area contributed by atoms with Gasteiger partial charge in [-0.15, -0.1) is 11.3 Å². The first-order chi connectivity index (χ1) is 22.1. The fraction of sp³-hybridized carbons (Fsp3) is 0. The number of fused-ring (bicyclic) bond motifs is 9. The Bertz CT molecular complexity index is 2790. The number of thiophene rings is 1. The molecule has 0 radical (unpaired) electrons. The summed E-state index contributed by atoms with van der Waals surface area (Å²) in [6.45, 7) is 0. The molecule has 3 aromatic heterocycles. The molecule has 6 heteroatoms. The van der Waals surface area contributed by atoms with Crippen molar-refractivity contribution in [1.29, 1.82) is 15.8 Å². The van der Waals surface area contributed by atoms with Crippen LogP contribution >= 0.6 is 11.3 Å². The Kier molecular flexibility index (Phi) is 5.20. The van der Waals surface area contributed by atoms with E-state index in [0.29, 0.717) is 16.7 Å². The molecule has 9 aromatic rings. The van der Waals surface area contributed by atoms with Crippen LogP contribution in [0.4, 0.5) is 0 Å². The van der Waals surface area contributed by atoms with Crippen LogP contribution in [0.3, 0.4) is 0 Å². The molecule has 5 nitrogen and oxygen atoms in total. The van der Waals surface area contributed by atoms with Crippen LogP contribution in [0.15, 0.2) is 115 Å². The maximum absolute atomic E-state index is 9.60. The maximum atomic E-state index is 9.60. The minimum Gasteiger partial charge on any atom is -0.309 e. The van der Waals surface area contributed by atoms with E-state index in [1.165, 1.54) is 20.2 Å². The van der Waals surface area contributed by atoms with Crippen LogP contribution in [0.5, 0.6) is 0 Å². The average molecular weight is 590 g/mol. The number of nitrogens with zero attached hydrogens (tertiary/aromatic N) is 5. The van der Waals surface area contributed by atoms with Crippen LogP contribution in [0.1, 0.15) is 16.7 Å². The molecule has 0 atom stereocenters. The van der Waals surface area contributed by atoms with Gasteiger partial charge in [-0.25, -0.2) is 0 Å². The van der Waals surface area contributed by atoms with Crippen molar-refractivity contribution in [3.63, 3.8) is 0 Å². The molecule has 9 rings (SSSR count). The fourth-order valence-electron chi connectivity index (χ4n) is 6.79. The number of hydrogen-bond acceptors (Lipinski definition) is 4. The van der Waals surface area contributed by atoms with E-state index < -0.39 is 0 Å². The zero-order chi connectivity index (χ0) is 30.2. The Hall–Kier alpha value is -6.39. The van der Waals surface area contributed by atoms with Crippen molar-refractivity contribution in [2.24, 2.45) is 0 Å². The number of aromatic nitrogens is 2. The Morgan fingerprint density at radius 2 is 0.822 bits per heavy atom. The molecule has 0 unspecified atom stereocenters. The van der Waals surface area contributed by atoms with Crippen molar-refractivity contribution in [1.82, 2.24) is 9.13 Å². The molecule has 206 valence electrons. The van der Waals surface area contributed by atoms with Gasteiger partial charge in [0.1, 0.15) is 0 Å². The molecule has 0 bridgehead atoms. The number of nitriles is 3. The van der Waals surface area contributed by atoms with Gasteiger partial charge in [0.2, 0.25) is 0 Å². The molecule has 0 N–H and O–H groups in total. The van der Waals surface area contributed by atoms with E-state index in [1.807, 2.05) is 60.7 Å². The highest BCUT2D eigenvalue weighted by molar-refractivity contribution is 7.25. The zero-order valence-electron chi connectivity index (χ0n) is 23.6. The lowest BCUT2D eigenvalue weighted by Crippen LogP contribution is -1.94. The van der Waals surface area contributed by atoms with Crippen LogP contribution in [0.25, 0.3) is 75.2 Å². The minimum absolute atomic E-state index is 0.588. The molecule has 0 amide bonds. The van der Waals surface area contributed by atoms with Crippen molar-refractivity contribution < 1.29 is 0 Å². The molecule has 0 saturated carbocycles. The summed E-state index contributed by atoms with van der Waals surface area (Å²) in [4.78, 5) is 0. The average Bonchev–Trinajstić information content (AvgIpc) is 3.74. The predicted octanol–water partition coefficient (Wildman–Crippen LogP) is 9.86. The monoisotopic (exact) mass is 589 g/mol. The van der Waals surface area contributed by atoms with Gasteiger partial charge in [-0.1, -0.05) is 18.2 Å². The van der Waals surface area contributed by atoms with E-state index in [1.54, 1.807) is 11.3 Å². The third-order valence-electron chi connectivity index (χ3n) is 8.78. The first-order valence-electron chi connectivity index (χ1n) is 14.4. The highest BCUT2D eigenvalue weighted by atomic mass is 32.1. The van der Waals surface area contributed by atoms with Crippen LogP contribution in [0, 0.1) is 34.0 Å². The Labute approximate surface area is 260 Å². The lowest BCUT2D eigenvalue weighted by Gasteiger charge is -2.10. The summed E-state index contributed by atoms with van der Waals surface area (Å²) in [5.41, 5.74) is 8.04. The van der Waals surface area contributed by atoms with E-state index in [9.17, 15) is 15.8 Å². The van der Waals surface area contributed by atoms with E-state index in [0.717, 1.165) is 55.0 Å². The molecule has 0 fully saturated rings. The molecule has 0 saturated heterocycles. The smallest absolute Gasteiger partial charge is 0.0991 e. The highest BCUT2D eigenvalue weighted by Crippen LogP contribution is 2.40. The van der Waals surface area contributed by atoms with Crippen LogP contribution in [-0.2, 0) is 0 Å². The summed E-state index contributed by atoms with van der Waals surface area (Å²) in [5, 5.41) is 35.2. The second-order valence-corrected chi connectivity index (χ2v) is 12.3. The third kappa shape index (κ3) is 3.57. The molecular weight excluding hydrogens is 571 g/mol. The Balaban J connectivity index is 1.30. The van der Waals surface area contributed by atoms with Gasteiger partial charge in [-0.05, 0) is 97.1 Å². The first kappa shape index (κ1) is 25.1. The molecule has 0 spiro atoms. The summed E-state index contributed by atoms with van der Waals surface area (Å²) in [6, 6.07) is 45.8. The largest absolute Gasteiger partial charge is 0.309 e. The van der Waals surface area contributed by atoms with Crippen molar-refractivity contribution in [3.05, 3.63) is 132 Å². The molecule has 0 aliphatic rings. The number of benzene rings is 6. The zero-order valence-corrected chi connectivity index (χ0v) is 24.4. The number of rotatable bonds is 2. The fourth-order valence-corrected chi connectivity index (χ4v) is 7.86. The highest BCUT2D eigenvalue weighted by Gasteiger charge is 2.17. The van der Waals surface area contributed by atoms with E-state index in [2.05, 4.69) is 81.9 Å². The molecular formula is C39H19N5S. The number of para-hydroxylation sites is 1.